The summed E-state index contributed by atoms with van der Waals surface area (Å²) in [5.74, 6) is 0.739. The number of hydrogen-bond donors (Lipinski definition) is 2. The number of nitriles is 1. The van der Waals surface area contributed by atoms with E-state index in [0.29, 0.717) is 42.9 Å². The van der Waals surface area contributed by atoms with Gasteiger partial charge in [0.15, 0.2) is 9.84 Å². The first-order chi connectivity index (χ1) is 15.2. The predicted octanol–water partition coefficient (Wildman–Crippen LogP) is 3.20. The van der Waals surface area contributed by atoms with Crippen LogP contribution in [-0.4, -0.2) is 54.3 Å². The van der Waals surface area contributed by atoms with Gasteiger partial charge in [-0.3, -0.25) is 4.79 Å². The van der Waals surface area contributed by atoms with Crippen molar-refractivity contribution in [3.8, 4) is 6.07 Å². The Labute approximate surface area is 189 Å². The van der Waals surface area contributed by atoms with Crippen molar-refractivity contribution in [1.29, 1.82) is 5.26 Å². The molecule has 2 amide bonds. The van der Waals surface area contributed by atoms with Gasteiger partial charge in [0.05, 0.1) is 16.2 Å². The van der Waals surface area contributed by atoms with Crippen molar-refractivity contribution in [2.24, 2.45) is 11.8 Å². The number of carbonyl (C=O) groups excluding carboxylic acids is 1. The van der Waals surface area contributed by atoms with Gasteiger partial charge >= 0.3 is 6.09 Å². The third-order valence-corrected chi connectivity index (χ3v) is 8.88. The van der Waals surface area contributed by atoms with Crippen molar-refractivity contribution in [2.75, 3.05) is 13.1 Å². The summed E-state index contributed by atoms with van der Waals surface area (Å²) < 4.78 is 25.4. The molecular weight excluding hydrogens is 430 g/mol. The lowest BCUT2D eigenvalue weighted by Gasteiger charge is -2.32. The van der Waals surface area contributed by atoms with Crippen LogP contribution in [-0.2, 0) is 14.6 Å². The standard InChI is InChI=1S/C18H25NO3S.C5H6N2O2/c1-14-9-11-19(12-10-14)18(20)15-7-8-17(13-15)23(21,22)16-5-3-2-4-6-16;6-3-5(1-2-5)7-4(8)9/h2-6,14-15,17H,7-13H2,1H3;7H,1-2H2,(H,8,9)/t15-,17-;/m1./s1. The Bertz CT molecular complexity index is 961. The van der Waals surface area contributed by atoms with Crippen molar-refractivity contribution < 1.29 is 23.1 Å². The summed E-state index contributed by atoms with van der Waals surface area (Å²) in [6.45, 7) is 3.87. The number of rotatable bonds is 4. The molecule has 4 rings (SSSR count). The molecule has 8 nitrogen and oxygen atoms in total. The highest BCUT2D eigenvalue weighted by molar-refractivity contribution is 7.92. The molecule has 1 saturated heterocycles. The quantitative estimate of drug-likeness (QED) is 0.709. The third-order valence-electron chi connectivity index (χ3n) is 6.65. The van der Waals surface area contributed by atoms with Crippen LogP contribution in [0.2, 0.25) is 0 Å². The summed E-state index contributed by atoms with van der Waals surface area (Å²) in [5.41, 5.74) is -0.730. The minimum Gasteiger partial charge on any atom is -0.465 e. The molecule has 9 heteroatoms. The summed E-state index contributed by atoms with van der Waals surface area (Å²) in [5, 5.41) is 18.2. The van der Waals surface area contributed by atoms with Gasteiger partial charge in [-0.1, -0.05) is 25.1 Å². The van der Waals surface area contributed by atoms with E-state index >= 15 is 0 Å². The Morgan fingerprint density at radius 1 is 1.12 bits per heavy atom. The first kappa shape index (κ1) is 24.1. The Hall–Kier alpha value is -2.60. The van der Waals surface area contributed by atoms with Crippen LogP contribution in [0.5, 0.6) is 0 Å². The molecule has 1 heterocycles. The van der Waals surface area contributed by atoms with Crippen molar-refractivity contribution in [1.82, 2.24) is 10.2 Å². The van der Waals surface area contributed by atoms with Crippen molar-refractivity contribution in [3.63, 3.8) is 0 Å². The molecule has 32 heavy (non-hydrogen) atoms. The van der Waals surface area contributed by atoms with E-state index in [0.717, 1.165) is 25.9 Å². The molecule has 2 atom stereocenters. The summed E-state index contributed by atoms with van der Waals surface area (Å²) in [6, 6.07) is 10.5. The number of carbonyl (C=O) groups is 2. The van der Waals surface area contributed by atoms with E-state index in [9.17, 15) is 18.0 Å². The lowest BCUT2D eigenvalue weighted by atomic mass is 9.97. The fourth-order valence-electron chi connectivity index (χ4n) is 4.33. The van der Waals surface area contributed by atoms with Crippen LogP contribution < -0.4 is 5.32 Å². The van der Waals surface area contributed by atoms with E-state index in [4.69, 9.17) is 10.4 Å². The molecule has 1 aromatic carbocycles. The highest BCUT2D eigenvalue weighted by atomic mass is 32.2. The zero-order valence-corrected chi connectivity index (χ0v) is 19.2. The fourth-order valence-corrected chi connectivity index (χ4v) is 6.18. The SMILES string of the molecule is CC1CCN(C(=O)[C@@H]2CC[C@@H](S(=O)(=O)c3ccccc3)C2)CC1.N#CC1(NC(=O)O)CC1. The van der Waals surface area contributed by atoms with Gasteiger partial charge in [0, 0.05) is 19.0 Å². The summed E-state index contributed by atoms with van der Waals surface area (Å²) in [4.78, 5) is 24.9. The molecule has 1 aliphatic heterocycles. The number of carboxylic acid groups (broad SMARTS) is 1. The van der Waals surface area contributed by atoms with Crippen molar-refractivity contribution in [3.05, 3.63) is 30.3 Å². The van der Waals surface area contributed by atoms with Crippen LogP contribution in [0.1, 0.15) is 51.9 Å². The number of amides is 2. The molecular formula is C23H31N3O5S. The maximum absolute atomic E-state index is 12.7. The summed E-state index contributed by atoms with van der Waals surface area (Å²) in [6.07, 6.45) is 4.07. The van der Waals surface area contributed by atoms with Crippen LogP contribution in [0.15, 0.2) is 35.2 Å². The van der Waals surface area contributed by atoms with E-state index < -0.39 is 26.7 Å². The second-order valence-electron chi connectivity index (χ2n) is 9.12. The minimum absolute atomic E-state index is 0.119. The molecule has 0 aromatic heterocycles. The van der Waals surface area contributed by atoms with Crippen molar-refractivity contribution >= 4 is 21.8 Å². The van der Waals surface area contributed by atoms with Gasteiger partial charge in [-0.25, -0.2) is 13.2 Å². The molecule has 3 fully saturated rings. The van der Waals surface area contributed by atoms with Crippen LogP contribution >= 0.6 is 0 Å². The largest absolute Gasteiger partial charge is 0.465 e. The van der Waals surface area contributed by atoms with Crippen LogP contribution in [0.3, 0.4) is 0 Å². The molecule has 2 aliphatic carbocycles. The first-order valence-corrected chi connectivity index (χ1v) is 12.7. The second-order valence-corrected chi connectivity index (χ2v) is 11.4. The number of piperidine rings is 1. The number of sulfone groups is 1. The van der Waals surface area contributed by atoms with Gasteiger partial charge in [-0.05, 0) is 63.0 Å². The van der Waals surface area contributed by atoms with E-state index in [1.54, 1.807) is 24.3 Å². The van der Waals surface area contributed by atoms with E-state index in [1.165, 1.54) is 0 Å². The van der Waals surface area contributed by atoms with E-state index in [2.05, 4.69) is 12.2 Å². The molecule has 0 spiro atoms. The predicted molar refractivity (Wildman–Crippen MR) is 118 cm³/mol. The maximum Gasteiger partial charge on any atom is 0.405 e. The molecule has 0 unspecified atom stereocenters. The Morgan fingerprint density at radius 3 is 2.25 bits per heavy atom. The van der Waals surface area contributed by atoms with Gasteiger partial charge < -0.3 is 15.3 Å². The highest BCUT2D eigenvalue weighted by Gasteiger charge is 2.44. The first-order valence-electron chi connectivity index (χ1n) is 11.2. The summed E-state index contributed by atoms with van der Waals surface area (Å²) in [7, 11) is -3.32. The number of likely N-dealkylation sites (tertiary alicyclic amines) is 1. The lowest BCUT2D eigenvalue weighted by Crippen LogP contribution is -2.41. The molecule has 3 aliphatic rings. The lowest BCUT2D eigenvalue weighted by molar-refractivity contribution is -0.136. The minimum atomic E-state index is -3.32. The smallest absolute Gasteiger partial charge is 0.405 e. The fraction of sp³-hybridized carbons (Fsp3) is 0.609. The third kappa shape index (κ3) is 5.80. The monoisotopic (exact) mass is 461 g/mol. The normalized spacial score (nSPS) is 24.6. The molecule has 0 bridgehead atoms. The number of nitrogens with zero attached hydrogens (tertiary/aromatic N) is 2. The van der Waals surface area contributed by atoms with Gasteiger partial charge in [0.25, 0.3) is 0 Å². The molecule has 2 N–H and O–H groups in total. The number of nitrogens with one attached hydrogen (secondary N) is 1. The Balaban J connectivity index is 0.000000269. The van der Waals surface area contributed by atoms with Crippen molar-refractivity contribution in [2.45, 2.75) is 67.6 Å². The Morgan fingerprint density at radius 2 is 1.75 bits per heavy atom. The number of benzene rings is 1. The van der Waals surface area contributed by atoms with Crippen LogP contribution in [0, 0.1) is 23.2 Å². The van der Waals surface area contributed by atoms with Gasteiger partial charge in [0.2, 0.25) is 5.91 Å². The maximum atomic E-state index is 12.7. The second kappa shape index (κ2) is 9.90. The van der Waals surface area contributed by atoms with Crippen LogP contribution in [0.25, 0.3) is 0 Å². The Kier molecular flexibility index (Phi) is 7.44. The summed E-state index contributed by atoms with van der Waals surface area (Å²) >= 11 is 0. The van der Waals surface area contributed by atoms with E-state index in [1.807, 2.05) is 17.0 Å². The molecule has 0 radical (unpaired) electrons. The van der Waals surface area contributed by atoms with Gasteiger partial charge in [0.1, 0.15) is 5.54 Å². The zero-order valence-electron chi connectivity index (χ0n) is 18.4. The average Bonchev–Trinajstić information content (AvgIpc) is 3.36. The van der Waals surface area contributed by atoms with Crippen LogP contribution in [0.4, 0.5) is 4.79 Å². The topological polar surface area (TPSA) is 128 Å². The highest BCUT2D eigenvalue weighted by Crippen LogP contribution is 2.35. The zero-order chi connectivity index (χ0) is 23.4. The number of hydrogen-bond acceptors (Lipinski definition) is 5. The average molecular weight is 462 g/mol. The molecule has 1 aromatic rings. The van der Waals surface area contributed by atoms with Gasteiger partial charge in [-0.15, -0.1) is 0 Å². The molecule has 174 valence electrons. The molecule has 2 saturated carbocycles. The van der Waals surface area contributed by atoms with E-state index in [-0.39, 0.29) is 11.8 Å². The van der Waals surface area contributed by atoms with Gasteiger partial charge in [-0.2, -0.15) is 5.26 Å².